The van der Waals surface area contributed by atoms with Crippen LogP contribution in [0.4, 0.5) is 0 Å². The average molecular weight is 200 g/mol. The molecule has 0 aromatic rings. The van der Waals surface area contributed by atoms with Crippen molar-refractivity contribution in [3.05, 3.63) is 0 Å². The SMILES string of the molecule is CC(CN)CCCN1CCOC(C)C1. The van der Waals surface area contributed by atoms with Crippen LogP contribution in [0.3, 0.4) is 0 Å². The Morgan fingerprint density at radius 2 is 2.36 bits per heavy atom. The molecule has 1 fully saturated rings. The van der Waals surface area contributed by atoms with E-state index in [9.17, 15) is 0 Å². The first-order chi connectivity index (χ1) is 6.72. The van der Waals surface area contributed by atoms with Crippen molar-refractivity contribution in [2.75, 3.05) is 32.8 Å². The van der Waals surface area contributed by atoms with Crippen LogP contribution in [0.15, 0.2) is 0 Å². The highest BCUT2D eigenvalue weighted by Crippen LogP contribution is 2.08. The van der Waals surface area contributed by atoms with Crippen molar-refractivity contribution in [3.63, 3.8) is 0 Å². The van der Waals surface area contributed by atoms with E-state index in [-0.39, 0.29) is 0 Å². The Morgan fingerprint density at radius 1 is 1.57 bits per heavy atom. The van der Waals surface area contributed by atoms with Crippen molar-refractivity contribution in [1.29, 1.82) is 0 Å². The van der Waals surface area contributed by atoms with E-state index < -0.39 is 0 Å². The van der Waals surface area contributed by atoms with Gasteiger partial charge in [0, 0.05) is 13.1 Å². The Kier molecular flexibility index (Phi) is 5.45. The van der Waals surface area contributed by atoms with Crippen LogP contribution < -0.4 is 5.73 Å². The highest BCUT2D eigenvalue weighted by molar-refractivity contribution is 4.68. The molecule has 1 rings (SSSR count). The van der Waals surface area contributed by atoms with Gasteiger partial charge < -0.3 is 10.5 Å². The molecule has 1 aliphatic heterocycles. The average Bonchev–Trinajstić information content (AvgIpc) is 2.17. The first-order valence-corrected chi connectivity index (χ1v) is 5.76. The maximum atomic E-state index is 5.58. The first kappa shape index (κ1) is 12.0. The molecule has 0 spiro atoms. The van der Waals surface area contributed by atoms with Crippen molar-refractivity contribution in [3.8, 4) is 0 Å². The van der Waals surface area contributed by atoms with Crippen molar-refractivity contribution in [1.82, 2.24) is 4.90 Å². The number of ether oxygens (including phenoxy) is 1. The molecule has 2 unspecified atom stereocenters. The standard InChI is InChI=1S/C11H24N2O/c1-10(8-12)4-3-5-13-6-7-14-11(2)9-13/h10-11H,3-9,12H2,1-2H3. The van der Waals surface area contributed by atoms with Gasteiger partial charge in [-0.1, -0.05) is 6.92 Å². The zero-order valence-corrected chi connectivity index (χ0v) is 9.54. The van der Waals surface area contributed by atoms with Crippen LogP contribution >= 0.6 is 0 Å². The lowest BCUT2D eigenvalue weighted by Gasteiger charge is -2.31. The minimum absolute atomic E-state index is 0.413. The van der Waals surface area contributed by atoms with E-state index in [1.54, 1.807) is 0 Å². The molecule has 0 bridgehead atoms. The Hall–Kier alpha value is -0.120. The van der Waals surface area contributed by atoms with Gasteiger partial charge in [0.25, 0.3) is 0 Å². The van der Waals surface area contributed by atoms with Gasteiger partial charge in [-0.05, 0) is 38.8 Å². The van der Waals surface area contributed by atoms with Gasteiger partial charge in [0.1, 0.15) is 0 Å². The van der Waals surface area contributed by atoms with E-state index >= 15 is 0 Å². The van der Waals surface area contributed by atoms with E-state index in [1.807, 2.05) is 0 Å². The van der Waals surface area contributed by atoms with Crippen molar-refractivity contribution >= 4 is 0 Å². The van der Waals surface area contributed by atoms with Gasteiger partial charge in [-0.15, -0.1) is 0 Å². The highest BCUT2D eigenvalue weighted by atomic mass is 16.5. The Morgan fingerprint density at radius 3 is 3.00 bits per heavy atom. The van der Waals surface area contributed by atoms with Crippen LogP contribution in [-0.2, 0) is 4.74 Å². The number of rotatable bonds is 5. The Bertz CT molecular complexity index is 152. The summed E-state index contributed by atoms with van der Waals surface area (Å²) in [5.41, 5.74) is 5.58. The lowest BCUT2D eigenvalue weighted by Crippen LogP contribution is -2.41. The van der Waals surface area contributed by atoms with Crippen LogP contribution in [0.25, 0.3) is 0 Å². The molecule has 84 valence electrons. The number of nitrogens with zero attached hydrogens (tertiary/aromatic N) is 1. The van der Waals surface area contributed by atoms with Gasteiger partial charge in [0.05, 0.1) is 12.7 Å². The van der Waals surface area contributed by atoms with Crippen LogP contribution in [0, 0.1) is 5.92 Å². The first-order valence-electron chi connectivity index (χ1n) is 5.76. The van der Waals surface area contributed by atoms with Crippen LogP contribution in [0.5, 0.6) is 0 Å². The van der Waals surface area contributed by atoms with Crippen molar-refractivity contribution in [2.24, 2.45) is 11.7 Å². The van der Waals surface area contributed by atoms with Crippen molar-refractivity contribution in [2.45, 2.75) is 32.8 Å². The molecule has 2 N–H and O–H groups in total. The smallest absolute Gasteiger partial charge is 0.0674 e. The normalized spacial score (nSPS) is 26.4. The van der Waals surface area contributed by atoms with E-state index in [4.69, 9.17) is 10.5 Å². The van der Waals surface area contributed by atoms with E-state index in [0.717, 1.165) is 26.2 Å². The molecule has 1 saturated heterocycles. The minimum Gasteiger partial charge on any atom is -0.376 e. The second-order valence-corrected chi connectivity index (χ2v) is 4.47. The van der Waals surface area contributed by atoms with Gasteiger partial charge in [0.15, 0.2) is 0 Å². The van der Waals surface area contributed by atoms with Gasteiger partial charge in [-0.3, -0.25) is 4.90 Å². The molecule has 0 saturated carbocycles. The Balaban J connectivity index is 2.05. The quantitative estimate of drug-likeness (QED) is 0.722. The molecular formula is C11H24N2O. The molecule has 0 aromatic heterocycles. The summed E-state index contributed by atoms with van der Waals surface area (Å²) >= 11 is 0. The Labute approximate surface area is 87.6 Å². The molecule has 3 nitrogen and oxygen atoms in total. The van der Waals surface area contributed by atoms with Crippen LogP contribution in [0.1, 0.15) is 26.7 Å². The van der Waals surface area contributed by atoms with E-state index in [1.165, 1.54) is 19.4 Å². The third kappa shape index (κ3) is 4.40. The molecular weight excluding hydrogens is 176 g/mol. The summed E-state index contributed by atoms with van der Waals surface area (Å²) < 4.78 is 5.49. The summed E-state index contributed by atoms with van der Waals surface area (Å²) in [6, 6.07) is 0. The number of morpholine rings is 1. The number of hydrogen-bond donors (Lipinski definition) is 1. The molecule has 0 amide bonds. The third-order valence-corrected chi connectivity index (χ3v) is 2.90. The summed E-state index contributed by atoms with van der Waals surface area (Å²) in [7, 11) is 0. The third-order valence-electron chi connectivity index (χ3n) is 2.90. The summed E-state index contributed by atoms with van der Waals surface area (Å²) in [5.74, 6) is 0.675. The molecule has 1 heterocycles. The predicted octanol–water partition coefficient (Wildman–Crippen LogP) is 1.08. The monoisotopic (exact) mass is 200 g/mol. The predicted molar refractivity (Wildman–Crippen MR) is 59.3 cm³/mol. The van der Waals surface area contributed by atoms with Crippen molar-refractivity contribution < 1.29 is 4.74 Å². The zero-order chi connectivity index (χ0) is 10.4. The van der Waals surface area contributed by atoms with Gasteiger partial charge >= 0.3 is 0 Å². The second kappa shape index (κ2) is 6.38. The molecule has 3 heteroatoms. The van der Waals surface area contributed by atoms with Gasteiger partial charge in [0.2, 0.25) is 0 Å². The van der Waals surface area contributed by atoms with Gasteiger partial charge in [-0.2, -0.15) is 0 Å². The lowest BCUT2D eigenvalue weighted by molar-refractivity contribution is -0.0188. The fraction of sp³-hybridized carbons (Fsp3) is 1.00. The summed E-state index contributed by atoms with van der Waals surface area (Å²) in [5, 5.41) is 0. The van der Waals surface area contributed by atoms with Crippen LogP contribution in [-0.4, -0.2) is 43.8 Å². The van der Waals surface area contributed by atoms with Gasteiger partial charge in [-0.25, -0.2) is 0 Å². The topological polar surface area (TPSA) is 38.5 Å². The maximum Gasteiger partial charge on any atom is 0.0674 e. The van der Waals surface area contributed by atoms with E-state index in [2.05, 4.69) is 18.7 Å². The summed E-state index contributed by atoms with van der Waals surface area (Å²) in [6.07, 6.45) is 2.93. The highest BCUT2D eigenvalue weighted by Gasteiger charge is 2.15. The zero-order valence-electron chi connectivity index (χ0n) is 9.54. The molecule has 14 heavy (non-hydrogen) atoms. The van der Waals surface area contributed by atoms with Crippen LogP contribution in [0.2, 0.25) is 0 Å². The largest absolute Gasteiger partial charge is 0.376 e. The van der Waals surface area contributed by atoms with E-state index in [0.29, 0.717) is 12.0 Å². The fourth-order valence-corrected chi connectivity index (χ4v) is 1.87. The second-order valence-electron chi connectivity index (χ2n) is 4.47. The minimum atomic E-state index is 0.413. The molecule has 0 radical (unpaired) electrons. The lowest BCUT2D eigenvalue weighted by atomic mass is 10.1. The summed E-state index contributed by atoms with van der Waals surface area (Å²) in [4.78, 5) is 2.50. The number of hydrogen-bond acceptors (Lipinski definition) is 3. The molecule has 0 aromatic carbocycles. The molecule has 1 aliphatic rings. The maximum absolute atomic E-state index is 5.58. The number of nitrogens with two attached hydrogens (primary N) is 1. The fourth-order valence-electron chi connectivity index (χ4n) is 1.87. The molecule has 2 atom stereocenters. The summed E-state index contributed by atoms with van der Waals surface area (Å²) in [6.45, 7) is 9.49. The molecule has 0 aliphatic carbocycles.